The van der Waals surface area contributed by atoms with Crippen LogP contribution < -0.4 is 5.32 Å². The Bertz CT molecular complexity index is 177. The van der Waals surface area contributed by atoms with Crippen molar-refractivity contribution >= 4 is 43.7 Å². The fourth-order valence-electron chi connectivity index (χ4n) is 0.649. The third-order valence-corrected chi connectivity index (χ3v) is 3.66. The Balaban J connectivity index is 3.99. The molecular weight excluding hydrogens is 302 g/mol. The second-order valence-electron chi connectivity index (χ2n) is 2.61. The molecule has 0 bridgehead atoms. The van der Waals surface area contributed by atoms with E-state index >= 15 is 0 Å². The van der Waals surface area contributed by atoms with Gasteiger partial charge in [-0.05, 0) is 12.8 Å². The minimum Gasteiger partial charge on any atom is -0.294 e. The Labute approximate surface area is 94.9 Å². The maximum atomic E-state index is 11.2. The summed E-state index contributed by atoms with van der Waals surface area (Å²) >= 11 is 6.32. The molecule has 2 unspecified atom stereocenters. The van der Waals surface area contributed by atoms with E-state index in [-0.39, 0.29) is 21.5 Å². The van der Waals surface area contributed by atoms with E-state index in [0.29, 0.717) is 12.8 Å². The van der Waals surface area contributed by atoms with Crippen LogP contribution in [0.4, 0.5) is 0 Å². The Hall–Kier alpha value is 0.1000. The molecule has 0 aromatic heterocycles. The topological polar surface area (TPSA) is 46.2 Å². The van der Waals surface area contributed by atoms with E-state index in [1.165, 1.54) is 0 Å². The Morgan fingerprint density at radius 3 is 1.62 bits per heavy atom. The van der Waals surface area contributed by atoms with Gasteiger partial charge in [-0.2, -0.15) is 0 Å². The monoisotopic (exact) mass is 313 g/mol. The number of hydrogen-bond donors (Lipinski definition) is 1. The SMILES string of the molecule is CCC(Br)C(=O)NC(=O)C(Br)CC. The zero-order chi connectivity index (χ0) is 10.4. The highest BCUT2D eigenvalue weighted by Crippen LogP contribution is 2.07. The molecule has 0 aromatic carbocycles. The van der Waals surface area contributed by atoms with Gasteiger partial charge in [0, 0.05) is 0 Å². The van der Waals surface area contributed by atoms with Gasteiger partial charge in [-0.25, -0.2) is 0 Å². The molecule has 0 spiro atoms. The van der Waals surface area contributed by atoms with Gasteiger partial charge >= 0.3 is 0 Å². The van der Waals surface area contributed by atoms with Crippen LogP contribution in [-0.2, 0) is 9.59 Å². The molecule has 0 aliphatic heterocycles. The summed E-state index contributed by atoms with van der Waals surface area (Å²) in [7, 11) is 0. The minimum atomic E-state index is -0.284. The van der Waals surface area contributed by atoms with Crippen molar-refractivity contribution in [1.82, 2.24) is 5.32 Å². The minimum absolute atomic E-state index is 0.273. The quantitative estimate of drug-likeness (QED) is 0.807. The molecule has 1 N–H and O–H groups in total. The molecule has 0 aliphatic carbocycles. The van der Waals surface area contributed by atoms with Gasteiger partial charge in [0.2, 0.25) is 11.8 Å². The van der Waals surface area contributed by atoms with Gasteiger partial charge < -0.3 is 0 Å². The summed E-state index contributed by atoms with van der Waals surface area (Å²) in [5.41, 5.74) is 0. The van der Waals surface area contributed by atoms with Crippen molar-refractivity contribution in [3.05, 3.63) is 0 Å². The predicted molar refractivity (Wildman–Crippen MR) is 59.2 cm³/mol. The number of carbonyl (C=O) groups is 2. The van der Waals surface area contributed by atoms with Crippen LogP contribution in [0.15, 0.2) is 0 Å². The lowest BCUT2D eigenvalue weighted by Crippen LogP contribution is -2.39. The third kappa shape index (κ3) is 4.76. The van der Waals surface area contributed by atoms with Gasteiger partial charge in [-0.3, -0.25) is 14.9 Å². The maximum absolute atomic E-state index is 11.2. The lowest BCUT2D eigenvalue weighted by atomic mass is 10.3. The van der Waals surface area contributed by atoms with Crippen molar-refractivity contribution in [2.75, 3.05) is 0 Å². The molecule has 0 aliphatic rings. The summed E-state index contributed by atoms with van der Waals surface area (Å²) in [5.74, 6) is -0.546. The molecule has 5 heteroatoms. The average molecular weight is 315 g/mol. The van der Waals surface area contributed by atoms with Crippen molar-refractivity contribution in [2.45, 2.75) is 36.3 Å². The van der Waals surface area contributed by atoms with E-state index in [9.17, 15) is 9.59 Å². The van der Waals surface area contributed by atoms with E-state index < -0.39 is 0 Å². The van der Waals surface area contributed by atoms with Crippen LogP contribution in [0, 0.1) is 0 Å². The summed E-state index contributed by atoms with van der Waals surface area (Å²) in [6, 6.07) is 0. The molecule has 0 aromatic rings. The van der Waals surface area contributed by atoms with Crippen LogP contribution >= 0.6 is 31.9 Å². The Morgan fingerprint density at radius 1 is 1.08 bits per heavy atom. The molecule has 2 atom stereocenters. The van der Waals surface area contributed by atoms with Crippen molar-refractivity contribution in [1.29, 1.82) is 0 Å². The molecule has 0 fully saturated rings. The van der Waals surface area contributed by atoms with Gasteiger partial charge in [0.15, 0.2) is 0 Å². The second-order valence-corrected chi connectivity index (χ2v) is 4.82. The first-order valence-electron chi connectivity index (χ1n) is 4.15. The van der Waals surface area contributed by atoms with E-state index in [4.69, 9.17) is 0 Å². The molecule has 0 heterocycles. The highest BCUT2D eigenvalue weighted by atomic mass is 79.9. The molecule has 13 heavy (non-hydrogen) atoms. The van der Waals surface area contributed by atoms with E-state index in [2.05, 4.69) is 37.2 Å². The predicted octanol–water partition coefficient (Wildman–Crippen LogP) is 1.98. The van der Waals surface area contributed by atoms with Crippen LogP contribution in [0.25, 0.3) is 0 Å². The highest BCUT2D eigenvalue weighted by molar-refractivity contribution is 9.10. The largest absolute Gasteiger partial charge is 0.294 e. The van der Waals surface area contributed by atoms with Crippen LogP contribution in [0.5, 0.6) is 0 Å². The number of alkyl halides is 2. The molecule has 2 amide bonds. The number of halogens is 2. The number of rotatable bonds is 4. The molecule has 3 nitrogen and oxygen atoms in total. The van der Waals surface area contributed by atoms with Gasteiger partial charge in [0.1, 0.15) is 0 Å². The van der Waals surface area contributed by atoms with Gasteiger partial charge in [0.25, 0.3) is 0 Å². The number of nitrogens with one attached hydrogen (secondary N) is 1. The van der Waals surface area contributed by atoms with Crippen LogP contribution in [0.2, 0.25) is 0 Å². The maximum Gasteiger partial charge on any atom is 0.240 e. The molecule has 0 saturated heterocycles. The number of imide groups is 1. The summed E-state index contributed by atoms with van der Waals surface area (Å²) in [5, 5.41) is 2.31. The number of amides is 2. The third-order valence-electron chi connectivity index (χ3n) is 1.53. The first-order valence-corrected chi connectivity index (χ1v) is 5.98. The molecule has 0 radical (unpaired) electrons. The number of hydrogen-bond acceptors (Lipinski definition) is 2. The van der Waals surface area contributed by atoms with Crippen LogP contribution in [0.1, 0.15) is 26.7 Å². The van der Waals surface area contributed by atoms with E-state index in [1.807, 2.05) is 13.8 Å². The van der Waals surface area contributed by atoms with Crippen molar-refractivity contribution in [3.8, 4) is 0 Å². The van der Waals surface area contributed by atoms with E-state index in [0.717, 1.165) is 0 Å². The summed E-state index contributed by atoms with van der Waals surface area (Å²) in [6.45, 7) is 3.74. The van der Waals surface area contributed by atoms with Crippen molar-refractivity contribution in [2.24, 2.45) is 0 Å². The lowest BCUT2D eigenvalue weighted by molar-refractivity contribution is -0.129. The first-order chi connectivity index (χ1) is 6.02. The first kappa shape index (κ1) is 13.1. The van der Waals surface area contributed by atoms with Crippen molar-refractivity contribution < 1.29 is 9.59 Å². The molecule has 76 valence electrons. The van der Waals surface area contributed by atoms with Crippen molar-refractivity contribution in [3.63, 3.8) is 0 Å². The van der Waals surface area contributed by atoms with Gasteiger partial charge in [-0.1, -0.05) is 45.7 Å². The molecular formula is C8H13Br2NO2. The molecule has 0 saturated carbocycles. The highest BCUT2D eigenvalue weighted by Gasteiger charge is 2.19. The second kappa shape index (κ2) is 6.54. The lowest BCUT2D eigenvalue weighted by Gasteiger charge is -2.09. The summed E-state index contributed by atoms with van der Waals surface area (Å²) in [4.78, 5) is 21.8. The fraction of sp³-hybridized carbons (Fsp3) is 0.750. The normalized spacial score (nSPS) is 14.8. The van der Waals surface area contributed by atoms with E-state index in [1.54, 1.807) is 0 Å². The van der Waals surface area contributed by atoms with Gasteiger partial charge in [0.05, 0.1) is 9.65 Å². The standard InChI is InChI=1S/C8H13Br2NO2/c1-3-5(9)7(12)11-8(13)6(10)4-2/h5-6H,3-4H2,1-2H3,(H,11,12,13). The van der Waals surface area contributed by atoms with Crippen LogP contribution in [0.3, 0.4) is 0 Å². The summed E-state index contributed by atoms with van der Waals surface area (Å²) < 4.78 is 0. The van der Waals surface area contributed by atoms with Crippen LogP contribution in [-0.4, -0.2) is 21.5 Å². The molecule has 0 rings (SSSR count). The zero-order valence-electron chi connectivity index (χ0n) is 7.64. The Kier molecular flexibility index (Phi) is 6.59. The Morgan fingerprint density at radius 2 is 1.38 bits per heavy atom. The smallest absolute Gasteiger partial charge is 0.240 e. The zero-order valence-corrected chi connectivity index (χ0v) is 10.8. The van der Waals surface area contributed by atoms with Gasteiger partial charge in [-0.15, -0.1) is 0 Å². The fourth-order valence-corrected chi connectivity index (χ4v) is 0.878. The average Bonchev–Trinajstić information content (AvgIpc) is 2.14. The number of carbonyl (C=O) groups excluding carboxylic acids is 2. The summed E-state index contributed by atoms with van der Waals surface area (Å²) in [6.07, 6.45) is 1.33.